The molecule has 0 heterocycles. The van der Waals surface area contributed by atoms with Crippen molar-refractivity contribution in [2.75, 3.05) is 14.2 Å². The lowest BCUT2D eigenvalue weighted by Gasteiger charge is -2.07. The standard InChI is InChI=1S/C9H10O4.C8H5F3O2/c1-12-7-4-3-6(9(10)11)5-8(7)13-2;9-8(10,11)6-3-1-5(2-4-6)7(12)13/h3-5H,1-2H3,(H,10,11);1-4H,(H,12,13). The molecule has 0 aliphatic rings. The van der Waals surface area contributed by atoms with Crippen molar-refractivity contribution in [2.45, 2.75) is 6.18 Å². The van der Waals surface area contributed by atoms with Gasteiger partial charge in [0.05, 0.1) is 30.9 Å². The Hall–Kier alpha value is -3.23. The number of halogens is 3. The van der Waals surface area contributed by atoms with Crippen LogP contribution in [0.5, 0.6) is 11.5 Å². The van der Waals surface area contributed by atoms with Crippen LogP contribution in [0.2, 0.25) is 0 Å². The molecule has 0 atom stereocenters. The van der Waals surface area contributed by atoms with E-state index < -0.39 is 23.7 Å². The fourth-order valence-corrected chi connectivity index (χ4v) is 1.77. The quantitative estimate of drug-likeness (QED) is 0.848. The second-order valence-electron chi connectivity index (χ2n) is 4.76. The van der Waals surface area contributed by atoms with Gasteiger partial charge in [0.2, 0.25) is 0 Å². The van der Waals surface area contributed by atoms with Crippen LogP contribution in [0.15, 0.2) is 42.5 Å². The molecule has 9 heteroatoms. The normalized spacial score (nSPS) is 10.3. The van der Waals surface area contributed by atoms with E-state index in [4.69, 9.17) is 19.7 Å². The van der Waals surface area contributed by atoms with Gasteiger partial charge in [0, 0.05) is 0 Å². The SMILES string of the molecule is COc1ccc(C(=O)O)cc1OC.O=C(O)c1ccc(C(F)(F)F)cc1. The molecule has 0 bridgehead atoms. The Morgan fingerprint density at radius 3 is 1.65 bits per heavy atom. The summed E-state index contributed by atoms with van der Waals surface area (Å²) in [5, 5.41) is 17.1. The Bertz CT molecular complexity index is 769. The molecular weight excluding hydrogens is 357 g/mol. The first kappa shape index (κ1) is 20.8. The van der Waals surface area contributed by atoms with Gasteiger partial charge in [0.15, 0.2) is 11.5 Å². The molecule has 6 nitrogen and oxygen atoms in total. The Labute approximate surface area is 146 Å². The summed E-state index contributed by atoms with van der Waals surface area (Å²) in [6, 6.07) is 7.76. The van der Waals surface area contributed by atoms with Crippen molar-refractivity contribution >= 4 is 11.9 Å². The van der Waals surface area contributed by atoms with Crippen LogP contribution in [0.25, 0.3) is 0 Å². The molecule has 0 spiro atoms. The lowest BCUT2D eigenvalue weighted by molar-refractivity contribution is -0.137. The number of methoxy groups -OCH3 is 2. The van der Waals surface area contributed by atoms with Crippen LogP contribution in [0, 0.1) is 0 Å². The van der Waals surface area contributed by atoms with Crippen molar-refractivity contribution in [2.24, 2.45) is 0 Å². The van der Waals surface area contributed by atoms with E-state index in [9.17, 15) is 22.8 Å². The second kappa shape index (κ2) is 8.75. The van der Waals surface area contributed by atoms with Gasteiger partial charge < -0.3 is 19.7 Å². The molecule has 140 valence electrons. The lowest BCUT2D eigenvalue weighted by atomic mass is 10.1. The minimum absolute atomic E-state index is 0.159. The summed E-state index contributed by atoms with van der Waals surface area (Å²) in [4.78, 5) is 20.9. The number of alkyl halides is 3. The first-order valence-electron chi connectivity index (χ1n) is 6.96. The van der Waals surface area contributed by atoms with Crippen LogP contribution in [0.4, 0.5) is 13.2 Å². The zero-order valence-corrected chi connectivity index (χ0v) is 13.7. The molecule has 2 aromatic rings. The van der Waals surface area contributed by atoms with Crippen molar-refractivity contribution in [3.63, 3.8) is 0 Å². The van der Waals surface area contributed by atoms with Crippen LogP contribution in [-0.4, -0.2) is 36.4 Å². The van der Waals surface area contributed by atoms with Gasteiger partial charge in [-0.25, -0.2) is 9.59 Å². The third kappa shape index (κ3) is 5.69. The lowest BCUT2D eigenvalue weighted by Crippen LogP contribution is -2.05. The summed E-state index contributed by atoms with van der Waals surface area (Å²) in [7, 11) is 2.96. The first-order chi connectivity index (χ1) is 12.1. The highest BCUT2D eigenvalue weighted by Crippen LogP contribution is 2.29. The monoisotopic (exact) mass is 372 g/mol. The van der Waals surface area contributed by atoms with Crippen LogP contribution in [0.1, 0.15) is 26.3 Å². The number of aromatic carboxylic acids is 2. The third-order valence-electron chi connectivity index (χ3n) is 3.09. The van der Waals surface area contributed by atoms with Gasteiger partial charge in [-0.2, -0.15) is 13.2 Å². The molecule has 26 heavy (non-hydrogen) atoms. The van der Waals surface area contributed by atoms with Gasteiger partial charge in [0.1, 0.15) is 0 Å². The van der Waals surface area contributed by atoms with E-state index in [0.717, 1.165) is 24.3 Å². The molecular formula is C17H15F3O6. The molecule has 0 fully saturated rings. The highest BCUT2D eigenvalue weighted by Gasteiger charge is 2.30. The smallest absolute Gasteiger partial charge is 0.416 e. The number of carboxylic acid groups (broad SMARTS) is 2. The average molecular weight is 372 g/mol. The molecule has 0 radical (unpaired) electrons. The Morgan fingerprint density at radius 2 is 1.27 bits per heavy atom. The minimum Gasteiger partial charge on any atom is -0.493 e. The average Bonchev–Trinajstić information content (AvgIpc) is 2.60. The van der Waals surface area contributed by atoms with Crippen molar-refractivity contribution in [3.8, 4) is 11.5 Å². The van der Waals surface area contributed by atoms with Crippen LogP contribution >= 0.6 is 0 Å². The maximum atomic E-state index is 12.0. The Morgan fingerprint density at radius 1 is 0.808 bits per heavy atom. The molecule has 0 aliphatic carbocycles. The van der Waals surface area contributed by atoms with E-state index in [-0.39, 0.29) is 11.1 Å². The zero-order valence-electron chi connectivity index (χ0n) is 13.7. The summed E-state index contributed by atoms with van der Waals surface area (Å²) in [5.41, 5.74) is -0.830. The summed E-state index contributed by atoms with van der Waals surface area (Å²) in [6.07, 6.45) is -4.42. The predicted octanol–water partition coefficient (Wildman–Crippen LogP) is 3.81. The van der Waals surface area contributed by atoms with Crippen LogP contribution in [0.3, 0.4) is 0 Å². The number of ether oxygens (including phenoxy) is 2. The van der Waals surface area contributed by atoms with Crippen LogP contribution in [-0.2, 0) is 6.18 Å². The summed E-state index contributed by atoms with van der Waals surface area (Å²) < 4.78 is 45.8. The van der Waals surface area contributed by atoms with Gasteiger partial charge in [-0.3, -0.25) is 0 Å². The summed E-state index contributed by atoms with van der Waals surface area (Å²) in [6.45, 7) is 0. The number of hydrogen-bond donors (Lipinski definition) is 2. The number of rotatable bonds is 4. The van der Waals surface area contributed by atoms with E-state index in [1.165, 1.54) is 26.4 Å². The van der Waals surface area contributed by atoms with Crippen molar-refractivity contribution in [1.29, 1.82) is 0 Å². The third-order valence-corrected chi connectivity index (χ3v) is 3.09. The molecule has 0 saturated carbocycles. The highest BCUT2D eigenvalue weighted by molar-refractivity contribution is 5.88. The van der Waals surface area contributed by atoms with Crippen molar-refractivity contribution < 1.29 is 42.4 Å². The first-order valence-corrected chi connectivity index (χ1v) is 6.96. The maximum Gasteiger partial charge on any atom is 0.416 e. The summed E-state index contributed by atoms with van der Waals surface area (Å²) >= 11 is 0. The van der Waals surface area contributed by atoms with E-state index in [2.05, 4.69) is 0 Å². The Balaban J connectivity index is 0.000000260. The highest BCUT2D eigenvalue weighted by atomic mass is 19.4. The molecule has 0 amide bonds. The maximum absolute atomic E-state index is 12.0. The number of benzene rings is 2. The number of carbonyl (C=O) groups is 2. The Kier molecular flexibility index (Phi) is 7.00. The van der Waals surface area contributed by atoms with Gasteiger partial charge >= 0.3 is 18.1 Å². The van der Waals surface area contributed by atoms with Crippen LogP contribution < -0.4 is 9.47 Å². The van der Waals surface area contributed by atoms with Gasteiger partial charge in [-0.1, -0.05) is 0 Å². The number of hydrogen-bond acceptors (Lipinski definition) is 4. The molecule has 0 aliphatic heterocycles. The zero-order chi connectivity index (χ0) is 19.9. The van der Waals surface area contributed by atoms with Gasteiger partial charge in [-0.15, -0.1) is 0 Å². The fourth-order valence-electron chi connectivity index (χ4n) is 1.77. The van der Waals surface area contributed by atoms with E-state index >= 15 is 0 Å². The molecule has 0 aromatic heterocycles. The topological polar surface area (TPSA) is 93.1 Å². The minimum atomic E-state index is -4.42. The van der Waals surface area contributed by atoms with Crippen molar-refractivity contribution in [1.82, 2.24) is 0 Å². The fraction of sp³-hybridized carbons (Fsp3) is 0.176. The molecule has 0 saturated heterocycles. The predicted molar refractivity (Wildman–Crippen MR) is 84.9 cm³/mol. The molecule has 2 rings (SSSR count). The second-order valence-corrected chi connectivity index (χ2v) is 4.76. The largest absolute Gasteiger partial charge is 0.493 e. The molecule has 2 aromatic carbocycles. The van der Waals surface area contributed by atoms with E-state index in [1.807, 2.05) is 0 Å². The van der Waals surface area contributed by atoms with Crippen molar-refractivity contribution in [3.05, 3.63) is 59.2 Å². The molecule has 0 unspecified atom stereocenters. The van der Waals surface area contributed by atoms with E-state index in [1.54, 1.807) is 6.07 Å². The summed E-state index contributed by atoms with van der Waals surface area (Å²) in [5.74, 6) is -1.29. The number of carboxylic acids is 2. The van der Waals surface area contributed by atoms with Gasteiger partial charge in [0.25, 0.3) is 0 Å². The molecule has 2 N–H and O–H groups in total. The van der Waals surface area contributed by atoms with E-state index in [0.29, 0.717) is 11.5 Å². The van der Waals surface area contributed by atoms with Gasteiger partial charge in [-0.05, 0) is 42.5 Å².